The van der Waals surface area contributed by atoms with Crippen LogP contribution in [0.5, 0.6) is 0 Å². The Balaban J connectivity index is 1.21. The van der Waals surface area contributed by atoms with E-state index in [1.54, 1.807) is 66.8 Å². The van der Waals surface area contributed by atoms with Crippen molar-refractivity contribution < 1.29 is 38.4 Å². The van der Waals surface area contributed by atoms with E-state index < -0.39 is 93.6 Å². The first-order valence-corrected chi connectivity index (χ1v) is 18.3. The quantitative estimate of drug-likeness (QED) is 0.253. The Morgan fingerprint density at radius 2 is 0.661 bits per heavy atom. The largest absolute Gasteiger partial charge is 0.355 e. The van der Waals surface area contributed by atoms with Gasteiger partial charge in [0.25, 0.3) is 0 Å². The van der Waals surface area contributed by atoms with Gasteiger partial charge in [0.05, 0.1) is 64.4 Å². The molecule has 266 valence electrons. The zero-order valence-electron chi connectivity index (χ0n) is 28.6. The summed E-state index contributed by atoms with van der Waals surface area (Å²) >= 11 is 0. The minimum absolute atomic E-state index is 0.149. The molecule has 5 heterocycles. The summed E-state index contributed by atoms with van der Waals surface area (Å²) in [7, 11) is 0. The smallest absolute Gasteiger partial charge is 0.210 e. The molecule has 2 aliphatic heterocycles. The van der Waals surface area contributed by atoms with Crippen molar-refractivity contribution in [3.8, 4) is 0 Å². The summed E-state index contributed by atoms with van der Waals surface area (Å²) in [5, 5.41) is 0. The molecule has 14 aliphatic rings. The number of fused-ring (bicyclic) bond motifs is 12. The maximum Gasteiger partial charge on any atom is 0.210 e. The highest BCUT2D eigenvalue weighted by Gasteiger charge is 2.51. The van der Waals surface area contributed by atoms with Gasteiger partial charge in [-0.25, -0.2) is 15.0 Å². The molecular weight excluding hydrogens is 715 g/mol. The Bertz CT molecular complexity index is 2740. The van der Waals surface area contributed by atoms with Gasteiger partial charge in [-0.05, 0) is 46.0 Å². The second-order valence-corrected chi connectivity index (χ2v) is 15.7. The molecule has 0 aromatic carbocycles. The fourth-order valence-electron chi connectivity index (χ4n) is 10.7. The summed E-state index contributed by atoms with van der Waals surface area (Å²) in [6, 6.07) is 5.16. The standard InChI is InChI=1S/C43H21N5O8/c49-34-12-1-3-14(36(34)51)28-22-10-24-30-16-5-7-18(40(55)38(16)53)32(30)42(46-24)48-43-33-19-8-6-17(39(54)41(19)56)31(33)25(47-43)11-23-29-15-4-2-13(35(50)37(15)52)27(29)21(45-23)9-20(44-22)26(12)28/h1-19,44H,(H,46,47,48). The molecule has 2 N–H and O–H groups in total. The van der Waals surface area contributed by atoms with Crippen molar-refractivity contribution in [1.29, 1.82) is 0 Å². The van der Waals surface area contributed by atoms with Gasteiger partial charge in [-0.1, -0.05) is 48.6 Å². The summed E-state index contributed by atoms with van der Waals surface area (Å²) in [6.45, 7) is 0. The predicted octanol–water partition coefficient (Wildman–Crippen LogP) is 3.22. The normalized spacial score (nSPS) is 30.7. The van der Waals surface area contributed by atoms with Crippen LogP contribution in [-0.2, 0) is 38.4 Å². The van der Waals surface area contributed by atoms with Crippen LogP contribution in [0.3, 0.4) is 0 Å². The third-order valence-electron chi connectivity index (χ3n) is 13.1. The van der Waals surface area contributed by atoms with Crippen LogP contribution < -0.4 is 0 Å². The van der Waals surface area contributed by atoms with E-state index in [9.17, 15) is 38.4 Å². The van der Waals surface area contributed by atoms with Crippen molar-refractivity contribution >= 4 is 90.8 Å². The Hall–Kier alpha value is -7.15. The van der Waals surface area contributed by atoms with Gasteiger partial charge < -0.3 is 9.97 Å². The van der Waals surface area contributed by atoms with Crippen molar-refractivity contribution in [2.45, 2.75) is 23.7 Å². The van der Waals surface area contributed by atoms with E-state index in [-0.39, 0.29) is 11.5 Å². The van der Waals surface area contributed by atoms with Gasteiger partial charge in [0.1, 0.15) is 5.65 Å². The van der Waals surface area contributed by atoms with Gasteiger partial charge in [-0.3, -0.25) is 38.4 Å². The molecule has 3 aromatic rings. The lowest BCUT2D eigenvalue weighted by atomic mass is 9.68. The van der Waals surface area contributed by atoms with E-state index in [0.717, 1.165) is 0 Å². The first-order chi connectivity index (χ1) is 27.1. The molecule has 8 unspecified atom stereocenters. The van der Waals surface area contributed by atoms with Crippen molar-refractivity contribution in [1.82, 2.24) is 24.9 Å². The average molecular weight is 736 g/mol. The maximum atomic E-state index is 13.4. The first-order valence-electron chi connectivity index (χ1n) is 18.3. The number of hydrogen-bond acceptors (Lipinski definition) is 11. The lowest BCUT2D eigenvalue weighted by molar-refractivity contribution is -0.138. The SMILES string of the molecule is O=C1C(=O)C2C=CC1C1=C2c2cc3[nH]c(nc4nc(cc5[nH]c(cc1n2)c1c5C2C=CC1C(=O)C2=O)C1=C4C2C=CC1C(=O)C2=O)c1c3C2C=CC1C(=O)C2=O. The first kappa shape index (κ1) is 30.2. The van der Waals surface area contributed by atoms with Gasteiger partial charge in [0, 0.05) is 33.3 Å². The van der Waals surface area contributed by atoms with Crippen LogP contribution in [0.15, 0.2) is 66.8 Å². The van der Waals surface area contributed by atoms with E-state index >= 15 is 0 Å². The number of hydrogen-bond donors (Lipinski definition) is 2. The Morgan fingerprint density at radius 3 is 1.12 bits per heavy atom. The Labute approximate surface area is 312 Å². The molecule has 0 saturated carbocycles. The molecule has 0 radical (unpaired) electrons. The summed E-state index contributed by atoms with van der Waals surface area (Å²) in [5.41, 5.74) is 6.87. The summed E-state index contributed by atoms with van der Waals surface area (Å²) in [5.74, 6) is -11.7. The molecule has 13 nitrogen and oxygen atoms in total. The Morgan fingerprint density at radius 1 is 0.339 bits per heavy atom. The van der Waals surface area contributed by atoms with Crippen LogP contribution in [0, 0.1) is 23.7 Å². The molecule has 0 fully saturated rings. The molecule has 0 spiro atoms. The van der Waals surface area contributed by atoms with Gasteiger partial charge in [0.15, 0.2) is 5.82 Å². The van der Waals surface area contributed by atoms with Gasteiger partial charge in [-0.2, -0.15) is 0 Å². The number of nitrogens with zero attached hydrogens (tertiary/aromatic N) is 3. The number of aromatic amines is 2. The molecule has 56 heavy (non-hydrogen) atoms. The van der Waals surface area contributed by atoms with E-state index in [2.05, 4.69) is 9.97 Å². The van der Waals surface area contributed by atoms with Gasteiger partial charge >= 0.3 is 0 Å². The highest BCUT2D eigenvalue weighted by molar-refractivity contribution is 6.49. The van der Waals surface area contributed by atoms with Crippen LogP contribution in [-0.4, -0.2) is 71.2 Å². The lowest BCUT2D eigenvalue weighted by Gasteiger charge is -2.30. The molecule has 17 rings (SSSR count). The van der Waals surface area contributed by atoms with Crippen LogP contribution in [0.1, 0.15) is 68.8 Å². The van der Waals surface area contributed by atoms with Gasteiger partial charge in [-0.15, -0.1) is 0 Å². The summed E-state index contributed by atoms with van der Waals surface area (Å²) in [6.07, 6.45) is 13.6. The van der Waals surface area contributed by atoms with E-state index in [0.29, 0.717) is 78.2 Å². The number of carbonyl (C=O) groups excluding carboxylic acids is 8. The van der Waals surface area contributed by atoms with Gasteiger partial charge in [0.2, 0.25) is 46.3 Å². The zero-order valence-corrected chi connectivity index (χ0v) is 28.6. The topological polar surface area (TPSA) is 207 Å². The molecule has 16 bridgehead atoms. The number of nitrogens with one attached hydrogen (secondary N) is 2. The third-order valence-corrected chi connectivity index (χ3v) is 13.1. The Kier molecular flexibility index (Phi) is 5.15. The zero-order chi connectivity index (χ0) is 37.8. The van der Waals surface area contributed by atoms with Crippen LogP contribution >= 0.6 is 0 Å². The fraction of sp³-hybridized carbons (Fsp3) is 0.186. The highest BCUT2D eigenvalue weighted by Crippen LogP contribution is 2.53. The van der Waals surface area contributed by atoms with Crippen molar-refractivity contribution in [2.24, 2.45) is 23.7 Å². The number of aromatic nitrogens is 5. The fourth-order valence-corrected chi connectivity index (χ4v) is 10.7. The molecule has 13 heteroatoms. The van der Waals surface area contributed by atoms with E-state index in [1.165, 1.54) is 0 Å². The molecular formula is C43H21N5O8. The number of ketones is 8. The van der Waals surface area contributed by atoms with Crippen molar-refractivity contribution in [2.75, 3.05) is 0 Å². The summed E-state index contributed by atoms with van der Waals surface area (Å²) < 4.78 is 0. The van der Waals surface area contributed by atoms with Crippen LogP contribution in [0.2, 0.25) is 0 Å². The highest BCUT2D eigenvalue weighted by atomic mass is 16.2. The molecule has 3 aromatic heterocycles. The third kappa shape index (κ3) is 3.30. The minimum atomic E-state index is -0.948. The maximum absolute atomic E-state index is 13.4. The monoisotopic (exact) mass is 735 g/mol. The lowest BCUT2D eigenvalue weighted by Crippen LogP contribution is -2.37. The summed E-state index contributed by atoms with van der Waals surface area (Å²) in [4.78, 5) is 129. The molecule has 12 aliphatic carbocycles. The number of rotatable bonds is 0. The number of Topliss-reactive ketones (excluding diaryl/α,β-unsaturated/α-hetero) is 8. The molecule has 8 atom stereocenters. The van der Waals surface area contributed by atoms with Crippen LogP contribution in [0.25, 0.3) is 44.5 Å². The predicted molar refractivity (Wildman–Crippen MR) is 194 cm³/mol. The van der Waals surface area contributed by atoms with Crippen molar-refractivity contribution in [3.63, 3.8) is 0 Å². The molecule has 0 saturated heterocycles. The van der Waals surface area contributed by atoms with E-state index in [4.69, 9.17) is 15.0 Å². The van der Waals surface area contributed by atoms with E-state index in [1.807, 2.05) is 0 Å². The second-order valence-electron chi connectivity index (χ2n) is 15.7. The minimum Gasteiger partial charge on any atom is -0.355 e. The second kappa shape index (κ2) is 9.55. The number of carbonyl (C=O) groups is 8. The van der Waals surface area contributed by atoms with Crippen molar-refractivity contribution in [3.05, 3.63) is 112 Å². The number of allylic oxidation sites excluding steroid dienone is 12. The average Bonchev–Trinajstić information content (AvgIpc) is 3.96. The van der Waals surface area contributed by atoms with Crippen LogP contribution in [0.4, 0.5) is 0 Å². The number of H-pyrrole nitrogens is 2. The molecule has 0 amide bonds.